The van der Waals surface area contributed by atoms with Crippen molar-refractivity contribution in [2.24, 2.45) is 5.73 Å². The van der Waals surface area contributed by atoms with Crippen molar-refractivity contribution in [1.82, 2.24) is 0 Å². The van der Waals surface area contributed by atoms with Crippen LogP contribution < -0.4 is 10.5 Å². The Labute approximate surface area is 105 Å². The first-order chi connectivity index (χ1) is 7.77. The SMILES string of the molecule is COc1c(C(C)(C)C)ccc(C)c1CC(C)N. The molecule has 1 atom stereocenters. The van der Waals surface area contributed by atoms with Gasteiger partial charge in [0.15, 0.2) is 0 Å². The standard InChI is InChI=1S/C15H25NO/c1-10-7-8-13(15(3,4)5)14(17-6)12(10)9-11(2)16/h7-8,11H,9,16H2,1-6H3. The number of aryl methyl sites for hydroxylation is 1. The second-order valence-electron chi connectivity index (χ2n) is 5.87. The highest BCUT2D eigenvalue weighted by molar-refractivity contribution is 5.49. The summed E-state index contributed by atoms with van der Waals surface area (Å²) in [5, 5.41) is 0. The van der Waals surface area contributed by atoms with Crippen LogP contribution in [0.3, 0.4) is 0 Å². The van der Waals surface area contributed by atoms with E-state index in [1.165, 1.54) is 16.7 Å². The zero-order valence-corrected chi connectivity index (χ0v) is 11.9. The van der Waals surface area contributed by atoms with Gasteiger partial charge in [-0.2, -0.15) is 0 Å². The molecule has 1 unspecified atom stereocenters. The molecule has 2 nitrogen and oxygen atoms in total. The van der Waals surface area contributed by atoms with Crippen LogP contribution >= 0.6 is 0 Å². The molecule has 2 heteroatoms. The van der Waals surface area contributed by atoms with Gasteiger partial charge in [-0.3, -0.25) is 0 Å². The van der Waals surface area contributed by atoms with Gasteiger partial charge in [-0.25, -0.2) is 0 Å². The maximum Gasteiger partial charge on any atom is 0.126 e. The third-order valence-electron chi connectivity index (χ3n) is 3.03. The van der Waals surface area contributed by atoms with Gasteiger partial charge in [0.25, 0.3) is 0 Å². The average Bonchev–Trinajstić information content (AvgIpc) is 2.18. The number of rotatable bonds is 3. The molecule has 0 aromatic heterocycles. The molecule has 0 radical (unpaired) electrons. The van der Waals surface area contributed by atoms with E-state index in [1.807, 2.05) is 6.92 Å². The third-order valence-corrected chi connectivity index (χ3v) is 3.03. The second kappa shape index (κ2) is 5.09. The molecule has 17 heavy (non-hydrogen) atoms. The molecule has 0 heterocycles. The minimum atomic E-state index is 0.0889. The lowest BCUT2D eigenvalue weighted by Crippen LogP contribution is -2.21. The van der Waals surface area contributed by atoms with Gasteiger partial charge in [0.1, 0.15) is 5.75 Å². The summed E-state index contributed by atoms with van der Waals surface area (Å²) < 4.78 is 5.63. The molecule has 0 aliphatic heterocycles. The lowest BCUT2D eigenvalue weighted by molar-refractivity contribution is 0.391. The number of hydrogen-bond donors (Lipinski definition) is 1. The highest BCUT2D eigenvalue weighted by Gasteiger charge is 2.22. The molecule has 0 aliphatic carbocycles. The van der Waals surface area contributed by atoms with Crippen molar-refractivity contribution in [1.29, 1.82) is 0 Å². The van der Waals surface area contributed by atoms with Crippen LogP contribution in [0.1, 0.15) is 44.4 Å². The van der Waals surface area contributed by atoms with E-state index in [1.54, 1.807) is 7.11 Å². The van der Waals surface area contributed by atoms with Gasteiger partial charge in [-0.05, 0) is 42.4 Å². The van der Waals surface area contributed by atoms with Gasteiger partial charge in [-0.1, -0.05) is 32.9 Å². The van der Waals surface area contributed by atoms with Crippen LogP contribution in [0.25, 0.3) is 0 Å². The monoisotopic (exact) mass is 235 g/mol. The van der Waals surface area contributed by atoms with Crippen molar-refractivity contribution in [3.8, 4) is 5.75 Å². The number of nitrogens with two attached hydrogens (primary N) is 1. The van der Waals surface area contributed by atoms with Crippen molar-refractivity contribution >= 4 is 0 Å². The summed E-state index contributed by atoms with van der Waals surface area (Å²) in [6, 6.07) is 4.48. The Hall–Kier alpha value is -1.02. The Morgan fingerprint density at radius 1 is 1.29 bits per heavy atom. The molecular formula is C15H25NO. The fourth-order valence-corrected chi connectivity index (χ4v) is 2.13. The zero-order chi connectivity index (χ0) is 13.2. The van der Waals surface area contributed by atoms with Crippen LogP contribution in [0.4, 0.5) is 0 Å². The molecule has 0 aliphatic rings. The van der Waals surface area contributed by atoms with Crippen molar-refractivity contribution in [3.63, 3.8) is 0 Å². The quantitative estimate of drug-likeness (QED) is 0.873. The average molecular weight is 235 g/mol. The van der Waals surface area contributed by atoms with Crippen LogP contribution in [0.2, 0.25) is 0 Å². The summed E-state index contributed by atoms with van der Waals surface area (Å²) in [6.45, 7) is 10.8. The lowest BCUT2D eigenvalue weighted by atomic mass is 9.83. The first-order valence-electron chi connectivity index (χ1n) is 6.20. The fourth-order valence-electron chi connectivity index (χ4n) is 2.13. The Bertz CT molecular complexity index is 389. The van der Waals surface area contributed by atoms with Crippen LogP contribution in [0, 0.1) is 6.92 Å². The Morgan fingerprint density at radius 2 is 1.88 bits per heavy atom. The van der Waals surface area contributed by atoms with Crippen LogP contribution in [0.15, 0.2) is 12.1 Å². The van der Waals surface area contributed by atoms with E-state index in [9.17, 15) is 0 Å². The molecule has 0 saturated heterocycles. The van der Waals surface area contributed by atoms with E-state index in [-0.39, 0.29) is 11.5 Å². The van der Waals surface area contributed by atoms with Crippen molar-refractivity contribution in [2.45, 2.75) is 52.5 Å². The Morgan fingerprint density at radius 3 is 2.29 bits per heavy atom. The normalized spacial score (nSPS) is 13.6. The first-order valence-corrected chi connectivity index (χ1v) is 6.20. The summed E-state index contributed by atoms with van der Waals surface area (Å²) in [6.07, 6.45) is 0.860. The highest BCUT2D eigenvalue weighted by Crippen LogP contribution is 2.36. The molecule has 0 spiro atoms. The number of hydrogen-bond acceptors (Lipinski definition) is 2. The molecule has 0 fully saturated rings. The Kier molecular flexibility index (Phi) is 4.21. The third kappa shape index (κ3) is 3.22. The van der Waals surface area contributed by atoms with Gasteiger partial charge in [0.2, 0.25) is 0 Å². The number of benzene rings is 1. The van der Waals surface area contributed by atoms with Crippen molar-refractivity contribution in [2.75, 3.05) is 7.11 Å². The van der Waals surface area contributed by atoms with Gasteiger partial charge < -0.3 is 10.5 Å². The molecule has 1 aromatic rings. The van der Waals surface area contributed by atoms with Gasteiger partial charge in [0.05, 0.1) is 7.11 Å². The topological polar surface area (TPSA) is 35.2 Å². The summed E-state index contributed by atoms with van der Waals surface area (Å²) in [7, 11) is 1.74. The van der Waals surface area contributed by atoms with Gasteiger partial charge in [0, 0.05) is 6.04 Å². The summed E-state index contributed by atoms with van der Waals surface area (Å²) in [4.78, 5) is 0. The van der Waals surface area contributed by atoms with Crippen LogP contribution in [-0.2, 0) is 11.8 Å². The minimum absolute atomic E-state index is 0.0889. The highest BCUT2D eigenvalue weighted by atomic mass is 16.5. The molecule has 1 aromatic carbocycles. The molecule has 0 saturated carbocycles. The smallest absolute Gasteiger partial charge is 0.126 e. The maximum atomic E-state index is 5.92. The lowest BCUT2D eigenvalue weighted by Gasteiger charge is -2.25. The van der Waals surface area contributed by atoms with Gasteiger partial charge >= 0.3 is 0 Å². The van der Waals surface area contributed by atoms with E-state index in [2.05, 4.69) is 39.8 Å². The van der Waals surface area contributed by atoms with Crippen LogP contribution in [0.5, 0.6) is 5.75 Å². The first kappa shape index (κ1) is 14.0. The van der Waals surface area contributed by atoms with Crippen molar-refractivity contribution < 1.29 is 4.74 Å². The summed E-state index contributed by atoms with van der Waals surface area (Å²) >= 11 is 0. The van der Waals surface area contributed by atoms with Crippen molar-refractivity contribution in [3.05, 3.63) is 28.8 Å². The van der Waals surface area contributed by atoms with E-state index in [0.29, 0.717) is 0 Å². The molecule has 0 bridgehead atoms. The maximum absolute atomic E-state index is 5.92. The molecule has 96 valence electrons. The Balaban J connectivity index is 3.36. The molecule has 0 amide bonds. The number of methoxy groups -OCH3 is 1. The van der Waals surface area contributed by atoms with Gasteiger partial charge in [-0.15, -0.1) is 0 Å². The van der Waals surface area contributed by atoms with E-state index < -0.39 is 0 Å². The zero-order valence-electron chi connectivity index (χ0n) is 11.9. The largest absolute Gasteiger partial charge is 0.496 e. The second-order valence-corrected chi connectivity index (χ2v) is 5.87. The summed E-state index contributed by atoms with van der Waals surface area (Å²) in [5.41, 5.74) is 9.76. The molecule has 1 rings (SSSR count). The van der Waals surface area contributed by atoms with E-state index in [0.717, 1.165) is 12.2 Å². The van der Waals surface area contributed by atoms with E-state index in [4.69, 9.17) is 10.5 Å². The minimum Gasteiger partial charge on any atom is -0.496 e. The number of ether oxygens (including phenoxy) is 1. The predicted octanol–water partition coefficient (Wildman–Crippen LogP) is 3.19. The molecule has 2 N–H and O–H groups in total. The predicted molar refractivity (Wildman–Crippen MR) is 73.8 cm³/mol. The molecular weight excluding hydrogens is 210 g/mol. The van der Waals surface area contributed by atoms with E-state index >= 15 is 0 Å². The summed E-state index contributed by atoms with van der Waals surface area (Å²) in [5.74, 6) is 1.01. The fraction of sp³-hybridized carbons (Fsp3) is 0.600. The van der Waals surface area contributed by atoms with Crippen LogP contribution in [-0.4, -0.2) is 13.2 Å².